The minimum absolute atomic E-state index is 0.0589. The van der Waals surface area contributed by atoms with Crippen LogP contribution in [0.5, 0.6) is 0 Å². The molecule has 1 atom stereocenters. The van der Waals surface area contributed by atoms with E-state index in [0.717, 1.165) is 42.3 Å². The van der Waals surface area contributed by atoms with Gasteiger partial charge >= 0.3 is 0 Å². The number of hydrogen-bond acceptors (Lipinski definition) is 6. The lowest BCUT2D eigenvalue weighted by Gasteiger charge is -2.32. The molecule has 9 heteroatoms. The summed E-state index contributed by atoms with van der Waals surface area (Å²) in [5.74, 6) is 2.13. The summed E-state index contributed by atoms with van der Waals surface area (Å²) in [6.45, 7) is 3.69. The van der Waals surface area contributed by atoms with Crippen LogP contribution in [0.4, 0.5) is 5.95 Å². The number of anilines is 1. The molecule has 1 aromatic carbocycles. The number of fused-ring (bicyclic) bond motifs is 1. The highest BCUT2D eigenvalue weighted by molar-refractivity contribution is 6.30. The standard InChI is InChI=1S/C22H21ClN6O2/c1-14(18-13-19(31-26-18)15-5-3-6-17(23)11-15)28-8-4-9-29-21(24-25-22(28)29)16-7-10-27(2)20(30)12-16/h3,5-7,10-14H,4,8-9H2,1-2H3. The monoisotopic (exact) mass is 436 g/mol. The minimum atomic E-state index is -0.0768. The Bertz CT molecular complexity index is 1310. The molecule has 3 aromatic heterocycles. The first-order valence-corrected chi connectivity index (χ1v) is 10.5. The van der Waals surface area contributed by atoms with Crippen LogP contribution in [0.15, 0.2) is 58.0 Å². The zero-order valence-electron chi connectivity index (χ0n) is 17.2. The van der Waals surface area contributed by atoms with Crippen LogP contribution in [0.3, 0.4) is 0 Å². The molecule has 4 aromatic rings. The van der Waals surface area contributed by atoms with E-state index in [1.165, 1.54) is 4.57 Å². The van der Waals surface area contributed by atoms with Gasteiger partial charge in [0.25, 0.3) is 5.56 Å². The number of halogens is 1. The highest BCUT2D eigenvalue weighted by Gasteiger charge is 2.29. The summed E-state index contributed by atoms with van der Waals surface area (Å²) in [5.41, 5.74) is 2.38. The maximum atomic E-state index is 12.1. The van der Waals surface area contributed by atoms with Crippen LogP contribution in [-0.2, 0) is 13.6 Å². The van der Waals surface area contributed by atoms with Gasteiger partial charge in [0.2, 0.25) is 5.95 Å². The summed E-state index contributed by atoms with van der Waals surface area (Å²) in [4.78, 5) is 14.2. The zero-order valence-corrected chi connectivity index (χ0v) is 18.0. The molecule has 1 unspecified atom stereocenters. The molecule has 0 fully saturated rings. The Hall–Kier alpha value is -3.39. The Labute approximate surface area is 183 Å². The average molecular weight is 437 g/mol. The van der Waals surface area contributed by atoms with Gasteiger partial charge in [-0.3, -0.25) is 9.36 Å². The predicted octanol–water partition coefficient (Wildman–Crippen LogP) is 3.92. The number of aromatic nitrogens is 5. The molecule has 5 rings (SSSR count). The van der Waals surface area contributed by atoms with E-state index < -0.39 is 0 Å². The van der Waals surface area contributed by atoms with Crippen molar-refractivity contribution in [2.24, 2.45) is 7.05 Å². The van der Waals surface area contributed by atoms with Crippen molar-refractivity contribution in [2.45, 2.75) is 25.9 Å². The number of aryl methyl sites for hydroxylation is 1. The Morgan fingerprint density at radius 2 is 1.97 bits per heavy atom. The van der Waals surface area contributed by atoms with Gasteiger partial charge in [-0.2, -0.15) is 0 Å². The van der Waals surface area contributed by atoms with Gasteiger partial charge in [0.15, 0.2) is 11.6 Å². The van der Waals surface area contributed by atoms with Crippen LogP contribution < -0.4 is 10.5 Å². The second-order valence-electron chi connectivity index (χ2n) is 7.69. The second-order valence-corrected chi connectivity index (χ2v) is 8.13. The van der Waals surface area contributed by atoms with Crippen molar-refractivity contribution in [1.82, 2.24) is 24.5 Å². The summed E-state index contributed by atoms with van der Waals surface area (Å²) < 4.78 is 9.19. The van der Waals surface area contributed by atoms with Crippen LogP contribution in [0, 0.1) is 0 Å². The normalized spacial score (nSPS) is 14.5. The average Bonchev–Trinajstić information content (AvgIpc) is 3.43. The third-order valence-corrected chi connectivity index (χ3v) is 5.90. The zero-order chi connectivity index (χ0) is 21.5. The first-order chi connectivity index (χ1) is 15.0. The Morgan fingerprint density at radius 1 is 1.10 bits per heavy atom. The maximum Gasteiger partial charge on any atom is 0.250 e. The number of hydrogen-bond donors (Lipinski definition) is 0. The molecular formula is C22H21ClN6O2. The Balaban J connectivity index is 1.46. The number of rotatable bonds is 4. The third-order valence-electron chi connectivity index (χ3n) is 5.66. The maximum absolute atomic E-state index is 12.1. The minimum Gasteiger partial charge on any atom is -0.356 e. The fourth-order valence-electron chi connectivity index (χ4n) is 3.90. The largest absolute Gasteiger partial charge is 0.356 e. The fraction of sp³-hybridized carbons (Fsp3) is 0.273. The van der Waals surface area contributed by atoms with Crippen LogP contribution >= 0.6 is 11.6 Å². The first kappa shape index (κ1) is 19.6. The lowest BCUT2D eigenvalue weighted by Crippen LogP contribution is -2.35. The smallest absolute Gasteiger partial charge is 0.250 e. The van der Waals surface area contributed by atoms with Gasteiger partial charge in [0.05, 0.1) is 6.04 Å². The first-order valence-electron chi connectivity index (χ1n) is 10.1. The number of nitrogens with zero attached hydrogens (tertiary/aromatic N) is 6. The molecule has 0 radical (unpaired) electrons. The van der Waals surface area contributed by atoms with Crippen molar-refractivity contribution >= 4 is 17.5 Å². The molecule has 1 aliphatic rings. The van der Waals surface area contributed by atoms with E-state index in [2.05, 4.69) is 31.7 Å². The van der Waals surface area contributed by atoms with Gasteiger partial charge in [-0.15, -0.1) is 10.2 Å². The van der Waals surface area contributed by atoms with Crippen LogP contribution in [0.25, 0.3) is 22.7 Å². The molecule has 0 N–H and O–H groups in total. The molecule has 0 spiro atoms. The van der Waals surface area contributed by atoms with E-state index in [-0.39, 0.29) is 11.6 Å². The van der Waals surface area contributed by atoms with Crippen molar-refractivity contribution < 1.29 is 4.52 Å². The summed E-state index contributed by atoms with van der Waals surface area (Å²) in [6.07, 6.45) is 2.68. The van der Waals surface area contributed by atoms with Crippen molar-refractivity contribution in [1.29, 1.82) is 0 Å². The van der Waals surface area contributed by atoms with Gasteiger partial charge in [-0.1, -0.05) is 28.9 Å². The van der Waals surface area contributed by atoms with E-state index in [1.54, 1.807) is 19.3 Å². The Morgan fingerprint density at radius 3 is 2.77 bits per heavy atom. The molecule has 8 nitrogen and oxygen atoms in total. The number of pyridine rings is 1. The molecule has 0 aliphatic carbocycles. The summed E-state index contributed by atoms with van der Waals surface area (Å²) in [6, 6.07) is 12.9. The summed E-state index contributed by atoms with van der Waals surface area (Å²) in [7, 11) is 1.73. The van der Waals surface area contributed by atoms with Crippen molar-refractivity contribution in [3.8, 4) is 22.7 Å². The van der Waals surface area contributed by atoms with E-state index >= 15 is 0 Å². The van der Waals surface area contributed by atoms with E-state index in [4.69, 9.17) is 16.1 Å². The summed E-state index contributed by atoms with van der Waals surface area (Å²) in [5, 5.41) is 13.8. The fourth-order valence-corrected chi connectivity index (χ4v) is 4.09. The van der Waals surface area contributed by atoms with Gasteiger partial charge < -0.3 is 14.0 Å². The molecule has 0 saturated carbocycles. The van der Waals surface area contributed by atoms with Crippen molar-refractivity contribution in [3.05, 3.63) is 69.7 Å². The van der Waals surface area contributed by atoms with Crippen molar-refractivity contribution in [3.63, 3.8) is 0 Å². The second kappa shape index (κ2) is 7.70. The third kappa shape index (κ3) is 3.53. The van der Waals surface area contributed by atoms with Gasteiger partial charge in [0.1, 0.15) is 5.69 Å². The van der Waals surface area contributed by atoms with E-state index in [1.807, 2.05) is 36.4 Å². The van der Waals surface area contributed by atoms with Gasteiger partial charge in [-0.05, 0) is 31.5 Å². The lowest BCUT2D eigenvalue weighted by atomic mass is 10.1. The van der Waals surface area contributed by atoms with E-state index in [0.29, 0.717) is 16.6 Å². The molecule has 31 heavy (non-hydrogen) atoms. The predicted molar refractivity (Wildman–Crippen MR) is 118 cm³/mol. The topological polar surface area (TPSA) is 82.0 Å². The molecule has 0 amide bonds. The van der Waals surface area contributed by atoms with Crippen LogP contribution in [0.2, 0.25) is 5.02 Å². The van der Waals surface area contributed by atoms with Crippen molar-refractivity contribution in [2.75, 3.05) is 11.4 Å². The summed E-state index contributed by atoms with van der Waals surface area (Å²) >= 11 is 6.10. The van der Waals surface area contributed by atoms with Gasteiger partial charge in [-0.25, -0.2) is 0 Å². The molecular weight excluding hydrogens is 416 g/mol. The molecule has 1 aliphatic heterocycles. The van der Waals surface area contributed by atoms with Gasteiger partial charge in [0, 0.05) is 54.6 Å². The highest BCUT2D eigenvalue weighted by atomic mass is 35.5. The van der Waals surface area contributed by atoms with Crippen LogP contribution in [-0.4, -0.2) is 31.0 Å². The SMILES string of the molecule is CC(c1cc(-c2cccc(Cl)c2)on1)N1CCCn2c(-c3ccn(C)c(=O)c3)nnc21. The molecule has 158 valence electrons. The van der Waals surface area contributed by atoms with Crippen LogP contribution in [0.1, 0.15) is 25.1 Å². The molecule has 4 heterocycles. The quantitative estimate of drug-likeness (QED) is 0.482. The lowest BCUT2D eigenvalue weighted by molar-refractivity contribution is 0.412. The Kier molecular flexibility index (Phi) is 4.86. The molecule has 0 saturated heterocycles. The highest BCUT2D eigenvalue weighted by Crippen LogP contribution is 2.33. The molecule has 0 bridgehead atoms. The number of benzene rings is 1. The van der Waals surface area contributed by atoms with E-state index in [9.17, 15) is 4.79 Å².